The van der Waals surface area contributed by atoms with Gasteiger partial charge in [-0.25, -0.2) is 4.79 Å². The maximum Gasteiger partial charge on any atom is 0.416 e. The van der Waals surface area contributed by atoms with Gasteiger partial charge < -0.3 is 23.9 Å². The summed E-state index contributed by atoms with van der Waals surface area (Å²) in [6.45, 7) is 1.41. The van der Waals surface area contributed by atoms with Crippen LogP contribution in [0, 0.1) is 6.92 Å². The Labute approximate surface area is 191 Å². The van der Waals surface area contributed by atoms with Crippen LogP contribution in [0.15, 0.2) is 45.6 Å². The average molecular weight is 486 g/mol. The number of fused-ring (bicyclic) bond motifs is 1. The number of ether oxygens (including phenoxy) is 3. The van der Waals surface area contributed by atoms with E-state index in [9.17, 15) is 22.8 Å². The predicted octanol–water partition coefficient (Wildman–Crippen LogP) is 4.82. The average Bonchev–Trinajstić information content (AvgIpc) is 2.73. The Balaban J connectivity index is 1.77. The molecule has 0 bridgehead atoms. The van der Waals surface area contributed by atoms with Crippen LogP contribution in [-0.2, 0) is 15.7 Å². The smallest absolute Gasteiger partial charge is 0.416 e. The zero-order valence-electron chi connectivity index (χ0n) is 17.5. The first-order valence-corrected chi connectivity index (χ1v) is 9.96. The number of anilines is 1. The molecule has 0 aliphatic rings. The van der Waals surface area contributed by atoms with Gasteiger partial charge in [0.1, 0.15) is 23.7 Å². The number of carbonyl (C=O) groups excluding carboxylic acids is 1. The Hall–Kier alpha value is -3.24. The van der Waals surface area contributed by atoms with Crippen LogP contribution in [0.5, 0.6) is 11.5 Å². The number of alkyl halides is 3. The number of hydrogen-bond acceptors (Lipinski definition) is 6. The fraction of sp³-hybridized carbons (Fsp3) is 0.273. The van der Waals surface area contributed by atoms with Crippen molar-refractivity contribution in [1.82, 2.24) is 0 Å². The van der Waals surface area contributed by atoms with Gasteiger partial charge >= 0.3 is 11.8 Å². The molecule has 0 saturated carbocycles. The summed E-state index contributed by atoms with van der Waals surface area (Å²) in [4.78, 5) is 24.0. The molecule has 3 aromatic rings. The van der Waals surface area contributed by atoms with Crippen molar-refractivity contribution < 1.29 is 36.6 Å². The monoisotopic (exact) mass is 485 g/mol. The van der Waals surface area contributed by atoms with Gasteiger partial charge in [-0.2, -0.15) is 13.2 Å². The van der Waals surface area contributed by atoms with Gasteiger partial charge in [-0.05, 0) is 36.8 Å². The molecule has 1 N–H and O–H groups in total. The number of methoxy groups -OCH3 is 1. The van der Waals surface area contributed by atoms with Gasteiger partial charge in [-0.15, -0.1) is 0 Å². The van der Waals surface area contributed by atoms with Crippen LogP contribution >= 0.6 is 11.6 Å². The highest BCUT2D eigenvalue weighted by molar-refractivity contribution is 6.32. The van der Waals surface area contributed by atoms with Crippen molar-refractivity contribution in [3.05, 3.63) is 63.0 Å². The van der Waals surface area contributed by atoms with Gasteiger partial charge in [0.15, 0.2) is 6.61 Å². The van der Waals surface area contributed by atoms with E-state index in [0.717, 1.165) is 18.2 Å². The Bertz CT molecular complexity index is 1230. The molecule has 1 aromatic heterocycles. The van der Waals surface area contributed by atoms with E-state index in [0.29, 0.717) is 10.9 Å². The number of aryl methyl sites for hydroxylation is 1. The predicted molar refractivity (Wildman–Crippen MR) is 115 cm³/mol. The first kappa shape index (κ1) is 24.4. The molecule has 0 atom stereocenters. The summed E-state index contributed by atoms with van der Waals surface area (Å²) in [6, 6.07) is 6.92. The first-order valence-electron chi connectivity index (χ1n) is 9.58. The SMILES string of the molecule is COCCOc1ccc(C(F)(F)F)cc1NC(=O)COc1cc2oc(=O)cc(C)c2cc1Cl. The van der Waals surface area contributed by atoms with E-state index in [1.54, 1.807) is 6.92 Å². The second-order valence-electron chi connectivity index (χ2n) is 6.91. The third-order valence-electron chi connectivity index (χ3n) is 4.49. The first-order chi connectivity index (χ1) is 15.6. The van der Waals surface area contributed by atoms with E-state index in [4.69, 9.17) is 30.2 Å². The molecule has 176 valence electrons. The third-order valence-corrected chi connectivity index (χ3v) is 4.78. The lowest BCUT2D eigenvalue weighted by atomic mass is 10.1. The van der Waals surface area contributed by atoms with Crippen molar-refractivity contribution in [3.63, 3.8) is 0 Å². The molecule has 0 spiro atoms. The van der Waals surface area contributed by atoms with Crippen LogP contribution < -0.4 is 20.4 Å². The lowest BCUT2D eigenvalue weighted by Crippen LogP contribution is -2.21. The van der Waals surface area contributed by atoms with Gasteiger partial charge in [0, 0.05) is 24.6 Å². The highest BCUT2D eigenvalue weighted by Crippen LogP contribution is 2.35. The molecule has 1 heterocycles. The third kappa shape index (κ3) is 6.17. The minimum absolute atomic E-state index is 0.0365. The van der Waals surface area contributed by atoms with Crippen molar-refractivity contribution in [2.45, 2.75) is 13.1 Å². The summed E-state index contributed by atoms with van der Waals surface area (Å²) in [7, 11) is 1.44. The van der Waals surface area contributed by atoms with Crippen LogP contribution in [0.4, 0.5) is 18.9 Å². The number of amides is 1. The highest BCUT2D eigenvalue weighted by Gasteiger charge is 2.31. The van der Waals surface area contributed by atoms with Crippen LogP contribution in [0.25, 0.3) is 11.0 Å². The molecule has 1 amide bonds. The van der Waals surface area contributed by atoms with E-state index in [2.05, 4.69) is 5.32 Å². The summed E-state index contributed by atoms with van der Waals surface area (Å²) in [5.41, 5.74) is -0.831. The quantitative estimate of drug-likeness (QED) is 0.364. The van der Waals surface area contributed by atoms with Gasteiger partial charge in [-0.3, -0.25) is 4.79 Å². The minimum Gasteiger partial charge on any atom is -0.489 e. The molecule has 2 aromatic carbocycles. The lowest BCUT2D eigenvalue weighted by Gasteiger charge is -2.16. The molecule has 3 rings (SSSR count). The van der Waals surface area contributed by atoms with Crippen LogP contribution in [0.3, 0.4) is 0 Å². The molecule has 0 aliphatic heterocycles. The van der Waals surface area contributed by atoms with E-state index in [1.807, 2.05) is 0 Å². The Kier molecular flexibility index (Phi) is 7.50. The molecule has 0 unspecified atom stereocenters. The van der Waals surface area contributed by atoms with E-state index in [1.165, 1.54) is 25.3 Å². The minimum atomic E-state index is -4.61. The van der Waals surface area contributed by atoms with E-state index < -0.39 is 29.9 Å². The molecular weight excluding hydrogens is 467 g/mol. The zero-order chi connectivity index (χ0) is 24.2. The molecule has 11 heteroatoms. The van der Waals surface area contributed by atoms with Crippen molar-refractivity contribution in [2.75, 3.05) is 32.2 Å². The summed E-state index contributed by atoms with van der Waals surface area (Å²) in [5.74, 6) is -0.657. The summed E-state index contributed by atoms with van der Waals surface area (Å²) < 4.78 is 60.1. The molecule has 7 nitrogen and oxygen atoms in total. The fourth-order valence-electron chi connectivity index (χ4n) is 2.92. The van der Waals surface area contributed by atoms with Crippen molar-refractivity contribution in [3.8, 4) is 11.5 Å². The van der Waals surface area contributed by atoms with Gasteiger partial charge in [0.05, 0.1) is 22.9 Å². The molecule has 0 radical (unpaired) electrons. The largest absolute Gasteiger partial charge is 0.489 e. The molecular formula is C22H19ClF3NO6. The van der Waals surface area contributed by atoms with Crippen LogP contribution in [0.1, 0.15) is 11.1 Å². The van der Waals surface area contributed by atoms with Gasteiger partial charge in [0.25, 0.3) is 5.91 Å². The number of nitrogens with one attached hydrogen (secondary N) is 1. The standard InChI is InChI=1S/C22H19ClF3NO6/c1-12-7-21(29)33-18-10-19(15(23)9-14(12)18)32-11-20(28)27-16-8-13(22(24,25)26)3-4-17(16)31-6-5-30-2/h3-4,7-10H,5-6,11H2,1-2H3,(H,27,28). The van der Waals surface area contributed by atoms with Crippen molar-refractivity contribution in [1.29, 1.82) is 0 Å². The van der Waals surface area contributed by atoms with E-state index >= 15 is 0 Å². The maximum atomic E-state index is 13.1. The molecule has 0 saturated heterocycles. The number of halogens is 4. The van der Waals surface area contributed by atoms with E-state index in [-0.39, 0.29) is 41.0 Å². The number of hydrogen-bond donors (Lipinski definition) is 1. The Morgan fingerprint density at radius 2 is 1.85 bits per heavy atom. The summed E-state index contributed by atoms with van der Waals surface area (Å²) in [6.07, 6.45) is -4.61. The zero-order valence-corrected chi connectivity index (χ0v) is 18.3. The van der Waals surface area contributed by atoms with Gasteiger partial charge in [0.2, 0.25) is 0 Å². The number of carbonyl (C=O) groups is 1. The molecule has 0 aliphatic carbocycles. The number of rotatable bonds is 8. The van der Waals surface area contributed by atoms with Crippen molar-refractivity contribution in [2.24, 2.45) is 0 Å². The normalized spacial score (nSPS) is 11.5. The highest BCUT2D eigenvalue weighted by atomic mass is 35.5. The second-order valence-corrected chi connectivity index (χ2v) is 7.32. The Morgan fingerprint density at radius 3 is 2.55 bits per heavy atom. The fourth-order valence-corrected chi connectivity index (χ4v) is 3.14. The topological polar surface area (TPSA) is 87.0 Å². The van der Waals surface area contributed by atoms with Crippen LogP contribution in [0.2, 0.25) is 5.02 Å². The van der Waals surface area contributed by atoms with Gasteiger partial charge in [-0.1, -0.05) is 11.6 Å². The molecule has 33 heavy (non-hydrogen) atoms. The second kappa shape index (κ2) is 10.1. The molecule has 0 fully saturated rings. The number of benzene rings is 2. The maximum absolute atomic E-state index is 13.1. The lowest BCUT2D eigenvalue weighted by molar-refractivity contribution is -0.137. The van der Waals surface area contributed by atoms with Crippen molar-refractivity contribution >= 4 is 34.2 Å². The summed E-state index contributed by atoms with van der Waals surface area (Å²) in [5, 5.41) is 3.11. The summed E-state index contributed by atoms with van der Waals surface area (Å²) >= 11 is 6.19. The Morgan fingerprint density at radius 1 is 1.09 bits per heavy atom. The van der Waals surface area contributed by atoms with Crippen LogP contribution in [-0.4, -0.2) is 32.8 Å².